The van der Waals surface area contributed by atoms with Gasteiger partial charge in [0.2, 0.25) is 5.91 Å². The minimum atomic E-state index is -0.154. The van der Waals surface area contributed by atoms with Crippen LogP contribution < -0.4 is 0 Å². The summed E-state index contributed by atoms with van der Waals surface area (Å²) < 4.78 is 0. The van der Waals surface area contributed by atoms with Crippen LogP contribution in [0, 0.1) is 6.92 Å². The number of aromatic nitrogens is 2. The van der Waals surface area contributed by atoms with E-state index in [1.165, 1.54) is 6.20 Å². The van der Waals surface area contributed by atoms with E-state index in [1.54, 1.807) is 16.0 Å². The molecule has 0 aliphatic carbocycles. The molecule has 0 saturated heterocycles. The van der Waals surface area contributed by atoms with Gasteiger partial charge in [-0.3, -0.25) is 14.6 Å². The third kappa shape index (κ3) is 5.96. The van der Waals surface area contributed by atoms with Crippen molar-refractivity contribution in [3.8, 4) is 0 Å². The van der Waals surface area contributed by atoms with Crippen molar-refractivity contribution in [2.45, 2.75) is 47.0 Å². The van der Waals surface area contributed by atoms with Crippen LogP contribution in [0.1, 0.15) is 56.2 Å². The maximum absolute atomic E-state index is 12.6. The smallest absolute Gasteiger partial charge is 0.274 e. The minimum Gasteiger partial charge on any atom is -0.343 e. The van der Waals surface area contributed by atoms with Crippen LogP contribution in [0.25, 0.3) is 0 Å². The predicted octanol–water partition coefficient (Wildman–Crippen LogP) is 2.29. The van der Waals surface area contributed by atoms with E-state index in [-0.39, 0.29) is 11.8 Å². The summed E-state index contributed by atoms with van der Waals surface area (Å²) in [4.78, 5) is 36.5. The molecule has 0 aliphatic heterocycles. The van der Waals surface area contributed by atoms with E-state index >= 15 is 0 Å². The van der Waals surface area contributed by atoms with E-state index in [0.29, 0.717) is 38.3 Å². The van der Waals surface area contributed by atoms with Crippen LogP contribution in [-0.2, 0) is 4.79 Å². The number of amides is 2. The van der Waals surface area contributed by atoms with Crippen molar-refractivity contribution in [2.75, 3.05) is 26.2 Å². The average Bonchev–Trinajstić information content (AvgIpc) is 2.56. The Kier molecular flexibility index (Phi) is 8.22. The summed E-state index contributed by atoms with van der Waals surface area (Å²) in [6.07, 6.45) is 5.34. The fourth-order valence-electron chi connectivity index (χ4n) is 2.29. The molecule has 0 radical (unpaired) electrons. The van der Waals surface area contributed by atoms with Gasteiger partial charge >= 0.3 is 0 Å². The molecule has 0 fully saturated rings. The van der Waals surface area contributed by atoms with Crippen LogP contribution in [0.3, 0.4) is 0 Å². The molecule has 23 heavy (non-hydrogen) atoms. The van der Waals surface area contributed by atoms with Gasteiger partial charge in [0.15, 0.2) is 0 Å². The Labute approximate surface area is 138 Å². The van der Waals surface area contributed by atoms with Gasteiger partial charge in [0.25, 0.3) is 5.91 Å². The van der Waals surface area contributed by atoms with Crippen LogP contribution >= 0.6 is 0 Å². The van der Waals surface area contributed by atoms with E-state index in [9.17, 15) is 9.59 Å². The number of carbonyl (C=O) groups excluding carboxylic acids is 2. The predicted molar refractivity (Wildman–Crippen MR) is 90.1 cm³/mol. The maximum Gasteiger partial charge on any atom is 0.274 e. The first-order chi connectivity index (χ1) is 11.0. The molecule has 0 spiro atoms. The number of aryl methyl sites for hydroxylation is 1. The zero-order valence-electron chi connectivity index (χ0n) is 14.7. The molecule has 6 heteroatoms. The van der Waals surface area contributed by atoms with Gasteiger partial charge in [-0.05, 0) is 27.2 Å². The van der Waals surface area contributed by atoms with Crippen molar-refractivity contribution in [1.29, 1.82) is 0 Å². The Bertz CT molecular complexity index is 498. The quantitative estimate of drug-likeness (QED) is 0.700. The van der Waals surface area contributed by atoms with E-state index in [1.807, 2.05) is 20.8 Å². The average molecular weight is 320 g/mol. The molecule has 0 aliphatic rings. The highest BCUT2D eigenvalue weighted by atomic mass is 16.2. The summed E-state index contributed by atoms with van der Waals surface area (Å²) in [5.74, 6) is -0.0717. The lowest BCUT2D eigenvalue weighted by atomic mass is 10.2. The number of hydrogen-bond acceptors (Lipinski definition) is 4. The van der Waals surface area contributed by atoms with Crippen LogP contribution in [0.15, 0.2) is 12.4 Å². The van der Waals surface area contributed by atoms with Crippen molar-refractivity contribution in [2.24, 2.45) is 0 Å². The van der Waals surface area contributed by atoms with Gasteiger partial charge in [-0.25, -0.2) is 4.98 Å². The Morgan fingerprint density at radius 1 is 1.00 bits per heavy atom. The van der Waals surface area contributed by atoms with Crippen LogP contribution in [0.4, 0.5) is 0 Å². The SMILES string of the molecule is CCCCN(CCC(=O)N(CC)CC)C(=O)c1cnc(C)cn1. The summed E-state index contributed by atoms with van der Waals surface area (Å²) >= 11 is 0. The van der Waals surface area contributed by atoms with Gasteiger partial charge in [0, 0.05) is 38.8 Å². The highest BCUT2D eigenvalue weighted by Gasteiger charge is 2.19. The Balaban J connectivity index is 2.73. The zero-order valence-corrected chi connectivity index (χ0v) is 14.7. The molecule has 1 heterocycles. The molecule has 128 valence electrons. The van der Waals surface area contributed by atoms with Crippen molar-refractivity contribution < 1.29 is 9.59 Å². The van der Waals surface area contributed by atoms with Gasteiger partial charge in [-0.15, -0.1) is 0 Å². The molecular formula is C17H28N4O2. The molecule has 0 atom stereocenters. The lowest BCUT2D eigenvalue weighted by Gasteiger charge is -2.24. The third-order valence-corrected chi connectivity index (χ3v) is 3.78. The summed E-state index contributed by atoms with van der Waals surface area (Å²) in [6, 6.07) is 0. The topological polar surface area (TPSA) is 66.4 Å². The highest BCUT2D eigenvalue weighted by molar-refractivity contribution is 5.92. The molecule has 0 unspecified atom stereocenters. The Morgan fingerprint density at radius 3 is 2.22 bits per heavy atom. The number of unbranched alkanes of at least 4 members (excludes halogenated alkanes) is 1. The lowest BCUT2D eigenvalue weighted by molar-refractivity contribution is -0.131. The maximum atomic E-state index is 12.6. The van der Waals surface area contributed by atoms with E-state index in [2.05, 4.69) is 16.9 Å². The fraction of sp³-hybridized carbons (Fsp3) is 0.647. The number of carbonyl (C=O) groups is 2. The molecule has 0 saturated carbocycles. The highest BCUT2D eigenvalue weighted by Crippen LogP contribution is 2.06. The van der Waals surface area contributed by atoms with Crippen molar-refractivity contribution >= 4 is 11.8 Å². The fourth-order valence-corrected chi connectivity index (χ4v) is 2.29. The monoisotopic (exact) mass is 320 g/mol. The van der Waals surface area contributed by atoms with Gasteiger partial charge in [0.05, 0.1) is 11.9 Å². The molecular weight excluding hydrogens is 292 g/mol. The molecule has 2 amide bonds. The normalized spacial score (nSPS) is 10.4. The van der Waals surface area contributed by atoms with Gasteiger partial charge < -0.3 is 9.80 Å². The van der Waals surface area contributed by atoms with Crippen molar-refractivity contribution in [3.63, 3.8) is 0 Å². The molecule has 1 aromatic heterocycles. The second-order valence-corrected chi connectivity index (χ2v) is 5.50. The second kappa shape index (κ2) is 9.92. The van der Waals surface area contributed by atoms with Gasteiger partial charge in [-0.2, -0.15) is 0 Å². The van der Waals surface area contributed by atoms with Crippen molar-refractivity contribution in [3.05, 3.63) is 23.8 Å². The molecule has 0 N–H and O–H groups in total. The minimum absolute atomic E-state index is 0.0827. The van der Waals surface area contributed by atoms with Crippen LogP contribution in [-0.4, -0.2) is 57.8 Å². The second-order valence-electron chi connectivity index (χ2n) is 5.50. The summed E-state index contributed by atoms with van der Waals surface area (Å²) in [6.45, 7) is 10.3. The first kappa shape index (κ1) is 19.1. The largest absolute Gasteiger partial charge is 0.343 e. The van der Waals surface area contributed by atoms with Gasteiger partial charge in [0.1, 0.15) is 5.69 Å². The molecule has 0 bridgehead atoms. The number of nitrogens with zero attached hydrogens (tertiary/aromatic N) is 4. The standard InChI is InChI=1S/C17H28N4O2/c1-5-8-10-21(11-9-16(22)20(6-2)7-3)17(23)15-13-18-14(4)12-19-15/h12-13H,5-11H2,1-4H3. The van der Waals surface area contributed by atoms with Gasteiger partial charge in [-0.1, -0.05) is 13.3 Å². The summed E-state index contributed by atoms with van der Waals surface area (Å²) in [5.41, 5.74) is 1.11. The zero-order chi connectivity index (χ0) is 17.2. The summed E-state index contributed by atoms with van der Waals surface area (Å²) in [7, 11) is 0. The molecule has 6 nitrogen and oxygen atoms in total. The molecule has 0 aromatic carbocycles. The molecule has 1 aromatic rings. The van der Waals surface area contributed by atoms with Crippen LogP contribution in [0.5, 0.6) is 0 Å². The first-order valence-electron chi connectivity index (χ1n) is 8.39. The number of rotatable bonds is 9. The first-order valence-corrected chi connectivity index (χ1v) is 8.39. The van der Waals surface area contributed by atoms with Crippen molar-refractivity contribution in [1.82, 2.24) is 19.8 Å². The Hall–Kier alpha value is -1.98. The van der Waals surface area contributed by atoms with E-state index in [0.717, 1.165) is 18.5 Å². The number of hydrogen-bond donors (Lipinski definition) is 0. The van der Waals surface area contributed by atoms with Crippen LogP contribution in [0.2, 0.25) is 0 Å². The third-order valence-electron chi connectivity index (χ3n) is 3.78. The van der Waals surface area contributed by atoms with E-state index in [4.69, 9.17) is 0 Å². The molecule has 1 rings (SSSR count). The Morgan fingerprint density at radius 2 is 1.70 bits per heavy atom. The summed E-state index contributed by atoms with van der Waals surface area (Å²) in [5, 5.41) is 0. The van der Waals surface area contributed by atoms with E-state index < -0.39 is 0 Å². The lowest BCUT2D eigenvalue weighted by Crippen LogP contribution is -2.38.